The van der Waals surface area contributed by atoms with Gasteiger partial charge in [0.2, 0.25) is 0 Å². The average molecular weight is 350 g/mol. The van der Waals surface area contributed by atoms with E-state index < -0.39 is 4.32 Å². The van der Waals surface area contributed by atoms with Crippen LogP contribution in [0.5, 0.6) is 0 Å². The van der Waals surface area contributed by atoms with Gasteiger partial charge in [-0.05, 0) is 16.3 Å². The lowest BCUT2D eigenvalue weighted by Gasteiger charge is -2.23. The third kappa shape index (κ3) is 1.37. The number of hydrogen-bond donors (Lipinski definition) is 0. The van der Waals surface area contributed by atoms with Gasteiger partial charge in [0.1, 0.15) is 10.0 Å². The Morgan fingerprint density at radius 3 is 2.50 bits per heavy atom. The van der Waals surface area contributed by atoms with Crippen LogP contribution in [0.4, 0.5) is 0 Å². The van der Waals surface area contributed by atoms with Gasteiger partial charge in [0, 0.05) is 11.1 Å². The van der Waals surface area contributed by atoms with Crippen molar-refractivity contribution >= 4 is 32.4 Å². The Morgan fingerprint density at radius 1 is 0.909 bits per heavy atom. The highest BCUT2D eigenvalue weighted by Gasteiger charge is 2.55. The maximum atomic E-state index is 5.86. The first-order valence-corrected chi connectivity index (χ1v) is 8.10. The summed E-state index contributed by atoms with van der Waals surface area (Å²) >= 11 is 3.99. The van der Waals surface area contributed by atoms with Crippen LogP contribution in [0.1, 0.15) is 22.8 Å². The Bertz CT molecular complexity index is 929. The van der Waals surface area contributed by atoms with Gasteiger partial charge in [-0.25, -0.2) is 0 Å². The number of rotatable bonds is 1. The molecule has 0 bridgehead atoms. The van der Waals surface area contributed by atoms with Crippen molar-refractivity contribution in [1.82, 2.24) is 0 Å². The summed E-state index contributed by atoms with van der Waals surface area (Å²) in [5.74, 6) is 0. The molecule has 0 spiro atoms. The lowest BCUT2D eigenvalue weighted by atomic mass is 9.89. The van der Waals surface area contributed by atoms with Crippen LogP contribution >= 0.6 is 15.9 Å². The molecule has 22 heavy (non-hydrogen) atoms. The zero-order chi connectivity index (χ0) is 14.7. The molecular weight excluding hydrogens is 338 g/mol. The van der Waals surface area contributed by atoms with E-state index in [2.05, 4.69) is 69.6 Å². The molecule has 3 aromatic rings. The van der Waals surface area contributed by atoms with Gasteiger partial charge in [0.05, 0.1) is 0 Å². The number of hydrogen-bond acceptors (Lipinski definition) is 2. The van der Waals surface area contributed by atoms with Crippen molar-refractivity contribution in [3.63, 3.8) is 0 Å². The first-order valence-electron chi connectivity index (χ1n) is 7.31. The van der Waals surface area contributed by atoms with Crippen LogP contribution < -0.4 is 0 Å². The topological polar surface area (TPSA) is 21.6 Å². The first-order chi connectivity index (χ1) is 10.8. The molecule has 2 nitrogen and oxygen atoms in total. The van der Waals surface area contributed by atoms with Gasteiger partial charge in [0.15, 0.2) is 6.10 Å². The summed E-state index contributed by atoms with van der Waals surface area (Å²) in [5, 5.41) is 6.95. The maximum Gasteiger partial charge on any atom is 0.178 e. The third-order valence-corrected chi connectivity index (χ3v) is 5.83. The molecule has 0 aromatic heterocycles. The zero-order valence-corrected chi connectivity index (χ0v) is 13.2. The monoisotopic (exact) mass is 349 g/mol. The molecule has 0 saturated carbocycles. The van der Waals surface area contributed by atoms with Gasteiger partial charge in [-0.3, -0.25) is 0 Å². The summed E-state index contributed by atoms with van der Waals surface area (Å²) < 4.78 is -0.405. The minimum atomic E-state index is -0.405. The Hall–Kier alpha value is -2.13. The second kappa shape index (κ2) is 4.20. The van der Waals surface area contributed by atoms with Gasteiger partial charge in [-0.1, -0.05) is 87.8 Å². The molecule has 2 aliphatic rings. The van der Waals surface area contributed by atoms with E-state index >= 15 is 0 Å². The molecule has 1 aliphatic carbocycles. The zero-order valence-electron chi connectivity index (χ0n) is 11.7. The van der Waals surface area contributed by atoms with Crippen LogP contribution in [0.3, 0.4) is 0 Å². The molecule has 3 aromatic carbocycles. The Balaban J connectivity index is 1.81. The largest absolute Gasteiger partial charge is 0.385 e. The van der Waals surface area contributed by atoms with Crippen LogP contribution in [0.25, 0.3) is 10.8 Å². The number of alkyl halides is 1. The predicted molar refractivity (Wildman–Crippen MR) is 91.4 cm³/mol. The Labute approximate surface area is 136 Å². The molecular formula is C19H12BrNO. The molecule has 1 heterocycles. The molecule has 0 fully saturated rings. The van der Waals surface area contributed by atoms with Crippen molar-refractivity contribution in [3.05, 3.63) is 83.4 Å². The van der Waals surface area contributed by atoms with E-state index in [1.165, 1.54) is 21.9 Å². The minimum Gasteiger partial charge on any atom is -0.385 e. The van der Waals surface area contributed by atoms with Gasteiger partial charge in [0.25, 0.3) is 0 Å². The van der Waals surface area contributed by atoms with Gasteiger partial charge in [-0.15, -0.1) is 0 Å². The lowest BCUT2D eigenvalue weighted by molar-refractivity contribution is 0.0757. The maximum absolute atomic E-state index is 5.86. The van der Waals surface area contributed by atoms with E-state index in [0.717, 1.165) is 11.3 Å². The van der Waals surface area contributed by atoms with Crippen LogP contribution in [0, 0.1) is 0 Å². The van der Waals surface area contributed by atoms with Crippen molar-refractivity contribution in [2.24, 2.45) is 5.16 Å². The van der Waals surface area contributed by atoms with Crippen LogP contribution in [0.2, 0.25) is 0 Å². The molecule has 3 heteroatoms. The smallest absolute Gasteiger partial charge is 0.178 e. The van der Waals surface area contributed by atoms with E-state index in [-0.39, 0.29) is 6.10 Å². The van der Waals surface area contributed by atoms with Crippen molar-refractivity contribution in [1.29, 1.82) is 0 Å². The summed E-state index contributed by atoms with van der Waals surface area (Å²) in [6.07, 6.45) is -0.108. The molecule has 2 unspecified atom stereocenters. The fraction of sp³-hybridized carbons (Fsp3) is 0.105. The van der Waals surface area contributed by atoms with E-state index in [1.54, 1.807) is 0 Å². The molecule has 106 valence electrons. The van der Waals surface area contributed by atoms with Crippen molar-refractivity contribution in [3.8, 4) is 0 Å². The average Bonchev–Trinajstić information content (AvgIpc) is 3.03. The molecule has 0 N–H and O–H groups in total. The predicted octanol–water partition coefficient (Wildman–Crippen LogP) is 4.92. The number of oxime groups is 1. The number of nitrogens with zero attached hydrogens (tertiary/aromatic N) is 1. The van der Waals surface area contributed by atoms with Crippen molar-refractivity contribution < 1.29 is 4.84 Å². The fourth-order valence-electron chi connectivity index (χ4n) is 3.66. The fourth-order valence-corrected chi connectivity index (χ4v) is 4.62. The molecule has 0 saturated heterocycles. The van der Waals surface area contributed by atoms with Gasteiger partial charge in [-0.2, -0.15) is 0 Å². The highest BCUT2D eigenvalue weighted by Crippen LogP contribution is 2.59. The van der Waals surface area contributed by atoms with Gasteiger partial charge < -0.3 is 4.84 Å². The van der Waals surface area contributed by atoms with E-state index in [4.69, 9.17) is 4.84 Å². The Kier molecular flexibility index (Phi) is 2.37. The quantitative estimate of drug-likeness (QED) is 0.571. The highest BCUT2D eigenvalue weighted by molar-refractivity contribution is 9.10. The highest BCUT2D eigenvalue weighted by atomic mass is 79.9. The molecule has 0 radical (unpaired) electrons. The van der Waals surface area contributed by atoms with Crippen LogP contribution in [0.15, 0.2) is 71.9 Å². The molecule has 1 aliphatic heterocycles. The van der Waals surface area contributed by atoms with Crippen LogP contribution in [-0.4, -0.2) is 5.71 Å². The second-order valence-corrected chi connectivity index (χ2v) is 7.00. The number of benzene rings is 3. The standard InChI is InChI=1S/C19H12BrNO/c20-19-15-11-5-9-12-8-4-10-14(16(12)15)18(19)22-21-17(19)13-6-2-1-3-7-13/h1-11,18H. The Morgan fingerprint density at radius 2 is 1.68 bits per heavy atom. The number of fused-ring (bicyclic) bond motifs is 3. The minimum absolute atomic E-state index is 0.108. The van der Waals surface area contributed by atoms with Crippen molar-refractivity contribution in [2.45, 2.75) is 10.4 Å². The van der Waals surface area contributed by atoms with Crippen LogP contribution in [-0.2, 0) is 9.16 Å². The summed E-state index contributed by atoms with van der Waals surface area (Å²) in [5.41, 5.74) is 4.49. The van der Waals surface area contributed by atoms with E-state index in [9.17, 15) is 0 Å². The van der Waals surface area contributed by atoms with Crippen molar-refractivity contribution in [2.75, 3.05) is 0 Å². The van der Waals surface area contributed by atoms with E-state index in [1.807, 2.05) is 18.2 Å². The molecule has 5 rings (SSSR count). The first kappa shape index (κ1) is 12.4. The second-order valence-electron chi connectivity index (χ2n) is 5.75. The summed E-state index contributed by atoms with van der Waals surface area (Å²) in [4.78, 5) is 5.86. The van der Waals surface area contributed by atoms with Gasteiger partial charge >= 0.3 is 0 Å². The van der Waals surface area contributed by atoms with E-state index in [0.29, 0.717) is 0 Å². The summed E-state index contributed by atoms with van der Waals surface area (Å²) in [6.45, 7) is 0. The summed E-state index contributed by atoms with van der Waals surface area (Å²) in [6, 6.07) is 23.1. The summed E-state index contributed by atoms with van der Waals surface area (Å²) in [7, 11) is 0. The third-order valence-electron chi connectivity index (χ3n) is 4.61. The molecule has 2 atom stereocenters. The normalized spacial score (nSPS) is 25.0. The SMILES string of the molecule is BrC12C(c3ccccc3)=NOC1c1cccc3cccc2c13. The number of halogens is 1. The lowest BCUT2D eigenvalue weighted by Crippen LogP contribution is -2.29. The molecule has 0 amide bonds.